The van der Waals surface area contributed by atoms with Crippen molar-refractivity contribution in [2.24, 2.45) is 11.1 Å². The Labute approximate surface area is 148 Å². The molecule has 1 fully saturated rings. The number of likely N-dealkylation sites (tertiary alicyclic amines) is 1. The molecule has 0 aromatic heterocycles. The molecule has 1 aliphatic rings. The summed E-state index contributed by atoms with van der Waals surface area (Å²) in [5.74, 6) is -0.466. The van der Waals surface area contributed by atoms with Gasteiger partial charge in [0, 0.05) is 18.9 Å². The van der Waals surface area contributed by atoms with Gasteiger partial charge in [-0.3, -0.25) is 4.79 Å². The highest BCUT2D eigenvalue weighted by atomic mass is 32.2. The van der Waals surface area contributed by atoms with Crippen molar-refractivity contribution < 1.29 is 13.2 Å². The number of hydrogen-bond donors (Lipinski definition) is 1. The number of aryl methyl sites for hydroxylation is 1. The molecule has 0 aliphatic carbocycles. The molecule has 0 bridgehead atoms. The zero-order valence-electron chi connectivity index (χ0n) is 14.1. The van der Waals surface area contributed by atoms with Crippen LogP contribution in [0.2, 0.25) is 0 Å². The number of amides is 1. The molecule has 132 valence electrons. The Morgan fingerprint density at radius 3 is 2.28 bits per heavy atom. The monoisotopic (exact) mass is 358 g/mol. The zero-order valence-corrected chi connectivity index (χ0v) is 14.9. The van der Waals surface area contributed by atoms with Gasteiger partial charge < -0.3 is 4.90 Å². The van der Waals surface area contributed by atoms with Crippen LogP contribution in [0, 0.1) is 12.8 Å². The highest BCUT2D eigenvalue weighted by Crippen LogP contribution is 2.34. The van der Waals surface area contributed by atoms with Gasteiger partial charge in [0.25, 0.3) is 0 Å². The third kappa shape index (κ3) is 4.27. The molecule has 1 aliphatic heterocycles. The highest BCUT2D eigenvalue weighted by molar-refractivity contribution is 7.89. The molecule has 2 N–H and O–H groups in total. The summed E-state index contributed by atoms with van der Waals surface area (Å²) in [5, 5.41) is 5.16. The molecule has 0 saturated carbocycles. The largest absolute Gasteiger partial charge is 0.331 e. The zero-order chi connectivity index (χ0) is 18.0. The minimum absolute atomic E-state index is 0.0388. The van der Waals surface area contributed by atoms with Crippen LogP contribution >= 0.6 is 0 Å². The number of nitrogens with two attached hydrogens (primary N) is 1. The first-order chi connectivity index (χ1) is 11.8. The lowest BCUT2D eigenvalue weighted by atomic mass is 9.96. The Morgan fingerprint density at radius 2 is 1.68 bits per heavy atom. The Hall–Kier alpha value is -2.18. The van der Waals surface area contributed by atoms with E-state index in [1.165, 1.54) is 0 Å². The number of carbonyl (C=O) groups excluding carboxylic acids is 1. The molecule has 3 rings (SSSR count). The second kappa shape index (κ2) is 6.98. The van der Waals surface area contributed by atoms with Crippen molar-refractivity contribution in [3.05, 3.63) is 71.3 Å². The lowest BCUT2D eigenvalue weighted by Crippen LogP contribution is -2.32. The van der Waals surface area contributed by atoms with Crippen LogP contribution in [0.3, 0.4) is 0 Å². The maximum Gasteiger partial charge on any atom is 0.223 e. The number of benzene rings is 2. The summed E-state index contributed by atoms with van der Waals surface area (Å²) in [6.07, 6.45) is 0.214. The van der Waals surface area contributed by atoms with Crippen molar-refractivity contribution in [2.45, 2.75) is 19.4 Å². The molecule has 0 radical (unpaired) electrons. The van der Waals surface area contributed by atoms with E-state index in [0.717, 1.165) is 16.7 Å². The summed E-state index contributed by atoms with van der Waals surface area (Å²) in [5.41, 5.74) is 3.17. The quantitative estimate of drug-likeness (QED) is 0.890. The summed E-state index contributed by atoms with van der Waals surface area (Å²) >= 11 is 0. The lowest BCUT2D eigenvalue weighted by Gasteiger charge is -2.29. The van der Waals surface area contributed by atoms with Crippen molar-refractivity contribution >= 4 is 15.9 Å². The predicted octanol–water partition coefficient (Wildman–Crippen LogP) is 2.22. The first-order valence-electron chi connectivity index (χ1n) is 8.25. The molecule has 2 aromatic rings. The van der Waals surface area contributed by atoms with E-state index < -0.39 is 10.0 Å². The number of primary sulfonamides is 1. The van der Waals surface area contributed by atoms with E-state index in [9.17, 15) is 13.2 Å². The maximum absolute atomic E-state index is 12.6. The topological polar surface area (TPSA) is 80.5 Å². The highest BCUT2D eigenvalue weighted by Gasteiger charge is 2.37. The van der Waals surface area contributed by atoms with Crippen LogP contribution in [-0.4, -0.2) is 31.5 Å². The Bertz CT molecular complexity index is 848. The van der Waals surface area contributed by atoms with E-state index >= 15 is 0 Å². The molecular formula is C19H22N2O3S. The average Bonchev–Trinajstić information content (AvgIpc) is 2.89. The van der Waals surface area contributed by atoms with Gasteiger partial charge in [-0.25, -0.2) is 13.6 Å². The fourth-order valence-corrected chi connectivity index (χ4v) is 4.32. The molecular weight excluding hydrogens is 336 g/mol. The normalized spacial score (nSPS) is 19.2. The van der Waals surface area contributed by atoms with Crippen LogP contribution in [-0.2, 0) is 14.8 Å². The average molecular weight is 358 g/mol. The Morgan fingerprint density at radius 1 is 1.08 bits per heavy atom. The standard InChI is InChI=1S/C19H22N2O3S/c1-14-7-9-17(10-8-14)19(16-5-3-2-4-6-16)21-12-15(11-18(21)22)13-25(20,23)24/h2-10,15,19H,11-13H2,1H3,(H2,20,23,24). The van der Waals surface area contributed by atoms with Gasteiger partial charge in [0.1, 0.15) is 0 Å². The second-order valence-electron chi connectivity index (χ2n) is 6.67. The van der Waals surface area contributed by atoms with Crippen molar-refractivity contribution in [3.63, 3.8) is 0 Å². The van der Waals surface area contributed by atoms with Gasteiger partial charge in [-0.2, -0.15) is 0 Å². The van der Waals surface area contributed by atoms with Gasteiger partial charge in [-0.15, -0.1) is 0 Å². The van der Waals surface area contributed by atoms with E-state index in [2.05, 4.69) is 0 Å². The van der Waals surface area contributed by atoms with Gasteiger partial charge >= 0.3 is 0 Å². The molecule has 2 atom stereocenters. The smallest absolute Gasteiger partial charge is 0.223 e. The SMILES string of the molecule is Cc1ccc(C(c2ccccc2)N2CC(CS(N)(=O)=O)CC2=O)cc1. The Balaban J connectivity index is 1.95. The van der Waals surface area contributed by atoms with Crippen LogP contribution < -0.4 is 5.14 Å². The number of rotatable bonds is 5. The minimum atomic E-state index is -3.59. The predicted molar refractivity (Wildman–Crippen MR) is 97.3 cm³/mol. The van der Waals surface area contributed by atoms with Crippen LogP contribution in [0.1, 0.15) is 29.2 Å². The van der Waals surface area contributed by atoms with Crippen LogP contribution in [0.4, 0.5) is 0 Å². The molecule has 0 spiro atoms. The molecule has 1 amide bonds. The molecule has 2 unspecified atom stereocenters. The molecule has 1 heterocycles. The van der Waals surface area contributed by atoms with E-state index in [1.54, 1.807) is 4.90 Å². The summed E-state index contributed by atoms with van der Waals surface area (Å²) in [7, 11) is -3.59. The molecule has 2 aromatic carbocycles. The molecule has 6 heteroatoms. The fraction of sp³-hybridized carbons (Fsp3) is 0.316. The van der Waals surface area contributed by atoms with Gasteiger partial charge in [-0.05, 0) is 18.1 Å². The van der Waals surface area contributed by atoms with E-state index in [4.69, 9.17) is 5.14 Å². The van der Waals surface area contributed by atoms with Crippen LogP contribution in [0.25, 0.3) is 0 Å². The minimum Gasteiger partial charge on any atom is -0.331 e. The summed E-state index contributed by atoms with van der Waals surface area (Å²) < 4.78 is 22.8. The molecule has 5 nitrogen and oxygen atoms in total. The van der Waals surface area contributed by atoms with Crippen molar-refractivity contribution in [2.75, 3.05) is 12.3 Å². The van der Waals surface area contributed by atoms with Crippen LogP contribution in [0.5, 0.6) is 0 Å². The fourth-order valence-electron chi connectivity index (χ4n) is 3.43. The third-order valence-electron chi connectivity index (χ3n) is 4.53. The summed E-state index contributed by atoms with van der Waals surface area (Å²) in [6, 6.07) is 17.7. The molecule has 1 saturated heterocycles. The number of nitrogens with zero attached hydrogens (tertiary/aromatic N) is 1. The Kier molecular flexibility index (Phi) is 4.92. The molecule has 25 heavy (non-hydrogen) atoms. The van der Waals surface area contributed by atoms with E-state index in [-0.39, 0.29) is 30.0 Å². The van der Waals surface area contributed by atoms with Crippen molar-refractivity contribution in [3.8, 4) is 0 Å². The number of carbonyl (C=O) groups is 1. The number of hydrogen-bond acceptors (Lipinski definition) is 3. The van der Waals surface area contributed by atoms with Gasteiger partial charge in [0.2, 0.25) is 15.9 Å². The first-order valence-corrected chi connectivity index (χ1v) is 9.96. The van der Waals surface area contributed by atoms with Gasteiger partial charge in [0.15, 0.2) is 0 Å². The summed E-state index contributed by atoms with van der Waals surface area (Å²) in [6.45, 7) is 2.41. The van der Waals surface area contributed by atoms with Crippen molar-refractivity contribution in [1.82, 2.24) is 4.90 Å². The van der Waals surface area contributed by atoms with Gasteiger partial charge in [0.05, 0.1) is 11.8 Å². The van der Waals surface area contributed by atoms with Crippen molar-refractivity contribution in [1.29, 1.82) is 0 Å². The van der Waals surface area contributed by atoms with Gasteiger partial charge in [-0.1, -0.05) is 60.2 Å². The third-order valence-corrected chi connectivity index (χ3v) is 5.46. The van der Waals surface area contributed by atoms with E-state index in [0.29, 0.717) is 6.54 Å². The van der Waals surface area contributed by atoms with E-state index in [1.807, 2.05) is 61.5 Å². The lowest BCUT2D eigenvalue weighted by molar-refractivity contribution is -0.129. The maximum atomic E-state index is 12.6. The van der Waals surface area contributed by atoms with Crippen LogP contribution in [0.15, 0.2) is 54.6 Å². The number of sulfonamides is 1. The summed E-state index contributed by atoms with van der Waals surface area (Å²) in [4.78, 5) is 14.4. The first kappa shape index (κ1) is 17.6. The second-order valence-corrected chi connectivity index (χ2v) is 8.33.